The molecule has 3 nitrogen and oxygen atoms in total. The standard InChI is InChI=1S/C13H12BrNO2/c1-15(13-7-6-12(9-16)17-13)8-10-2-4-11(14)5-3-10/h2-7,9H,8H2,1H3. The monoisotopic (exact) mass is 293 g/mol. The van der Waals surface area contributed by atoms with Crippen molar-refractivity contribution in [1.82, 2.24) is 0 Å². The number of aldehydes is 1. The molecule has 0 N–H and O–H groups in total. The summed E-state index contributed by atoms with van der Waals surface area (Å²) in [6, 6.07) is 11.6. The van der Waals surface area contributed by atoms with Crippen LogP contribution in [0, 0.1) is 0 Å². The molecule has 0 bridgehead atoms. The lowest BCUT2D eigenvalue weighted by molar-refractivity contribution is 0.110. The molecule has 0 amide bonds. The Kier molecular flexibility index (Phi) is 3.64. The van der Waals surface area contributed by atoms with Crippen molar-refractivity contribution in [2.45, 2.75) is 6.54 Å². The van der Waals surface area contributed by atoms with Gasteiger partial charge in [0.15, 0.2) is 17.9 Å². The van der Waals surface area contributed by atoms with Gasteiger partial charge in [-0.15, -0.1) is 0 Å². The smallest absolute Gasteiger partial charge is 0.196 e. The van der Waals surface area contributed by atoms with Crippen LogP contribution in [-0.4, -0.2) is 13.3 Å². The van der Waals surface area contributed by atoms with E-state index in [-0.39, 0.29) is 0 Å². The number of furan rings is 1. The third-order valence-electron chi connectivity index (χ3n) is 2.44. The van der Waals surface area contributed by atoms with Crippen LogP contribution in [0.15, 0.2) is 45.3 Å². The molecule has 1 aromatic carbocycles. The number of carbonyl (C=O) groups excluding carboxylic acids is 1. The van der Waals surface area contributed by atoms with Gasteiger partial charge in [0.25, 0.3) is 0 Å². The Balaban J connectivity index is 2.08. The summed E-state index contributed by atoms with van der Waals surface area (Å²) in [5.74, 6) is 1.04. The largest absolute Gasteiger partial charge is 0.438 e. The molecule has 0 spiro atoms. The predicted molar refractivity (Wildman–Crippen MR) is 70.3 cm³/mol. The van der Waals surface area contributed by atoms with E-state index in [1.807, 2.05) is 36.2 Å². The first-order chi connectivity index (χ1) is 8.19. The molecule has 0 aliphatic rings. The van der Waals surface area contributed by atoms with Crippen LogP contribution in [0.4, 0.5) is 5.88 Å². The number of halogens is 1. The highest BCUT2D eigenvalue weighted by Crippen LogP contribution is 2.19. The average molecular weight is 294 g/mol. The average Bonchev–Trinajstić information content (AvgIpc) is 2.81. The fourth-order valence-corrected chi connectivity index (χ4v) is 1.82. The number of carbonyl (C=O) groups is 1. The molecule has 0 unspecified atom stereocenters. The van der Waals surface area contributed by atoms with Crippen LogP contribution in [0.5, 0.6) is 0 Å². The van der Waals surface area contributed by atoms with Crippen LogP contribution in [0.2, 0.25) is 0 Å². The summed E-state index contributed by atoms with van der Waals surface area (Å²) < 4.78 is 6.40. The molecule has 1 heterocycles. The lowest BCUT2D eigenvalue weighted by Gasteiger charge is -2.15. The Hall–Kier alpha value is -1.55. The van der Waals surface area contributed by atoms with E-state index in [1.54, 1.807) is 12.1 Å². The van der Waals surface area contributed by atoms with E-state index in [2.05, 4.69) is 15.9 Å². The fourth-order valence-electron chi connectivity index (χ4n) is 1.55. The third kappa shape index (κ3) is 2.97. The minimum atomic E-state index is 0.350. The highest BCUT2D eigenvalue weighted by atomic mass is 79.9. The van der Waals surface area contributed by atoms with E-state index in [4.69, 9.17) is 4.42 Å². The van der Waals surface area contributed by atoms with Gasteiger partial charge in [-0.1, -0.05) is 28.1 Å². The highest BCUT2D eigenvalue weighted by molar-refractivity contribution is 9.10. The summed E-state index contributed by atoms with van der Waals surface area (Å²) >= 11 is 3.40. The zero-order chi connectivity index (χ0) is 12.3. The molecule has 0 atom stereocenters. The Bertz CT molecular complexity index is 504. The summed E-state index contributed by atoms with van der Waals surface area (Å²) in [5, 5.41) is 0. The van der Waals surface area contributed by atoms with Gasteiger partial charge < -0.3 is 9.32 Å². The van der Waals surface area contributed by atoms with E-state index in [9.17, 15) is 4.79 Å². The van der Waals surface area contributed by atoms with Crippen LogP contribution >= 0.6 is 15.9 Å². The molecule has 0 aliphatic carbocycles. The molecule has 0 saturated heterocycles. The van der Waals surface area contributed by atoms with Crippen molar-refractivity contribution in [2.75, 3.05) is 11.9 Å². The van der Waals surface area contributed by atoms with E-state index < -0.39 is 0 Å². The van der Waals surface area contributed by atoms with Gasteiger partial charge in [-0.25, -0.2) is 0 Å². The number of benzene rings is 1. The lowest BCUT2D eigenvalue weighted by Crippen LogP contribution is -2.15. The SMILES string of the molecule is CN(Cc1ccc(Br)cc1)c1ccc(C=O)o1. The van der Waals surface area contributed by atoms with Gasteiger partial charge in [-0.05, 0) is 23.8 Å². The fraction of sp³-hybridized carbons (Fsp3) is 0.154. The second kappa shape index (κ2) is 5.19. The van der Waals surface area contributed by atoms with Gasteiger partial charge in [0, 0.05) is 24.1 Å². The van der Waals surface area contributed by atoms with Gasteiger partial charge in [-0.2, -0.15) is 0 Å². The maximum absolute atomic E-state index is 10.5. The molecular formula is C13H12BrNO2. The number of nitrogens with zero attached hydrogens (tertiary/aromatic N) is 1. The zero-order valence-corrected chi connectivity index (χ0v) is 11.0. The van der Waals surface area contributed by atoms with Crippen LogP contribution in [0.3, 0.4) is 0 Å². The number of anilines is 1. The first kappa shape index (κ1) is 11.9. The summed E-state index contributed by atoms with van der Waals surface area (Å²) in [7, 11) is 1.93. The Morgan fingerprint density at radius 2 is 1.94 bits per heavy atom. The molecular weight excluding hydrogens is 282 g/mol. The minimum absolute atomic E-state index is 0.350. The van der Waals surface area contributed by atoms with Crippen molar-refractivity contribution in [3.05, 3.63) is 52.2 Å². The van der Waals surface area contributed by atoms with Crippen LogP contribution in [-0.2, 0) is 6.54 Å². The normalized spacial score (nSPS) is 10.2. The Labute approximate surface area is 108 Å². The summed E-state index contributed by atoms with van der Waals surface area (Å²) in [5.41, 5.74) is 1.18. The molecule has 2 aromatic rings. The van der Waals surface area contributed by atoms with E-state index in [1.165, 1.54) is 5.56 Å². The maximum atomic E-state index is 10.5. The third-order valence-corrected chi connectivity index (χ3v) is 2.97. The summed E-state index contributed by atoms with van der Waals surface area (Å²) in [6.07, 6.45) is 0.705. The predicted octanol–water partition coefficient (Wildman–Crippen LogP) is 3.49. The molecule has 0 fully saturated rings. The lowest BCUT2D eigenvalue weighted by atomic mass is 10.2. The molecule has 88 valence electrons. The first-order valence-corrected chi connectivity index (χ1v) is 5.99. The van der Waals surface area contributed by atoms with Gasteiger partial charge in [0.05, 0.1) is 0 Å². The zero-order valence-electron chi connectivity index (χ0n) is 9.39. The van der Waals surface area contributed by atoms with E-state index in [0.717, 1.165) is 11.0 Å². The number of rotatable bonds is 4. The van der Waals surface area contributed by atoms with Gasteiger partial charge in [-0.3, -0.25) is 4.79 Å². The number of hydrogen-bond donors (Lipinski definition) is 0. The molecule has 17 heavy (non-hydrogen) atoms. The van der Waals surface area contributed by atoms with Crippen molar-refractivity contribution >= 4 is 28.1 Å². The highest BCUT2D eigenvalue weighted by Gasteiger charge is 2.07. The number of hydrogen-bond acceptors (Lipinski definition) is 3. The van der Waals surface area contributed by atoms with Crippen LogP contribution in [0.1, 0.15) is 16.1 Å². The molecule has 4 heteroatoms. The van der Waals surface area contributed by atoms with Gasteiger partial charge in [0.1, 0.15) is 0 Å². The molecule has 0 aliphatic heterocycles. The Morgan fingerprint density at radius 3 is 2.53 bits per heavy atom. The molecule has 0 saturated carbocycles. The summed E-state index contributed by atoms with van der Waals surface area (Å²) in [4.78, 5) is 12.5. The molecule has 1 aromatic heterocycles. The maximum Gasteiger partial charge on any atom is 0.196 e. The molecule has 2 rings (SSSR count). The van der Waals surface area contributed by atoms with Crippen LogP contribution < -0.4 is 4.90 Å². The van der Waals surface area contributed by atoms with Crippen molar-refractivity contribution < 1.29 is 9.21 Å². The molecule has 0 radical (unpaired) electrons. The summed E-state index contributed by atoms with van der Waals surface area (Å²) in [6.45, 7) is 0.735. The van der Waals surface area contributed by atoms with Crippen molar-refractivity contribution in [3.63, 3.8) is 0 Å². The van der Waals surface area contributed by atoms with Crippen LogP contribution in [0.25, 0.3) is 0 Å². The van der Waals surface area contributed by atoms with Crippen molar-refractivity contribution in [2.24, 2.45) is 0 Å². The van der Waals surface area contributed by atoms with Crippen molar-refractivity contribution in [1.29, 1.82) is 0 Å². The van der Waals surface area contributed by atoms with E-state index >= 15 is 0 Å². The quantitative estimate of drug-likeness (QED) is 0.809. The first-order valence-electron chi connectivity index (χ1n) is 5.19. The van der Waals surface area contributed by atoms with E-state index in [0.29, 0.717) is 17.9 Å². The van der Waals surface area contributed by atoms with Crippen molar-refractivity contribution in [3.8, 4) is 0 Å². The second-order valence-electron chi connectivity index (χ2n) is 3.78. The Morgan fingerprint density at radius 1 is 1.24 bits per heavy atom. The van der Waals surface area contributed by atoms with Gasteiger partial charge in [0.2, 0.25) is 0 Å². The topological polar surface area (TPSA) is 33.5 Å². The van der Waals surface area contributed by atoms with Gasteiger partial charge >= 0.3 is 0 Å². The second-order valence-corrected chi connectivity index (χ2v) is 4.69. The minimum Gasteiger partial charge on any atom is -0.438 e.